The molecule has 0 aliphatic rings. The monoisotopic (exact) mass is 280 g/mol. The predicted octanol–water partition coefficient (Wildman–Crippen LogP) is 2.09. The van der Waals surface area contributed by atoms with Crippen LogP contribution in [0.5, 0.6) is 5.75 Å². The van der Waals surface area contributed by atoms with E-state index in [0.29, 0.717) is 31.1 Å². The van der Waals surface area contributed by atoms with Crippen molar-refractivity contribution in [3.05, 3.63) is 23.8 Å². The molecule has 0 heterocycles. The summed E-state index contributed by atoms with van der Waals surface area (Å²) < 4.78 is 10.6. The Hall–Kier alpha value is -1.59. The molecule has 0 aromatic heterocycles. The average Bonchev–Trinajstić information content (AvgIpc) is 2.44. The van der Waals surface area contributed by atoms with Crippen LogP contribution in [0.3, 0.4) is 0 Å². The number of amides is 1. The van der Waals surface area contributed by atoms with E-state index in [1.165, 1.54) is 0 Å². The van der Waals surface area contributed by atoms with E-state index < -0.39 is 6.04 Å². The van der Waals surface area contributed by atoms with E-state index in [9.17, 15) is 4.79 Å². The molecular formula is C15H24N2O3. The Morgan fingerprint density at radius 1 is 1.40 bits per heavy atom. The summed E-state index contributed by atoms with van der Waals surface area (Å²) in [6, 6.07) is 5.08. The zero-order chi connectivity index (χ0) is 15.0. The molecule has 112 valence electrons. The van der Waals surface area contributed by atoms with Gasteiger partial charge in [0, 0.05) is 13.7 Å². The van der Waals surface area contributed by atoms with Gasteiger partial charge in [0.25, 0.3) is 0 Å². The summed E-state index contributed by atoms with van der Waals surface area (Å²) in [5.74, 6) is 0.450. The maximum atomic E-state index is 12.0. The molecule has 1 atom stereocenters. The lowest BCUT2D eigenvalue weighted by Crippen LogP contribution is -2.36. The number of carbonyl (C=O) groups is 1. The predicted molar refractivity (Wildman–Crippen MR) is 80.1 cm³/mol. The van der Waals surface area contributed by atoms with E-state index in [0.717, 1.165) is 12.0 Å². The molecule has 20 heavy (non-hydrogen) atoms. The van der Waals surface area contributed by atoms with Crippen LogP contribution in [-0.4, -0.2) is 32.3 Å². The molecule has 5 heteroatoms. The number of anilines is 1. The van der Waals surface area contributed by atoms with Crippen LogP contribution >= 0.6 is 0 Å². The molecule has 0 radical (unpaired) electrons. The fourth-order valence-corrected chi connectivity index (χ4v) is 1.67. The molecule has 1 aromatic rings. The van der Waals surface area contributed by atoms with Gasteiger partial charge in [-0.3, -0.25) is 4.79 Å². The third-order valence-electron chi connectivity index (χ3n) is 2.83. The van der Waals surface area contributed by atoms with Gasteiger partial charge in [-0.1, -0.05) is 13.0 Å². The zero-order valence-corrected chi connectivity index (χ0v) is 12.4. The molecule has 0 aliphatic carbocycles. The van der Waals surface area contributed by atoms with Crippen LogP contribution in [0.1, 0.15) is 25.3 Å². The lowest BCUT2D eigenvalue weighted by atomic mass is 10.2. The van der Waals surface area contributed by atoms with Gasteiger partial charge in [-0.25, -0.2) is 0 Å². The van der Waals surface area contributed by atoms with Crippen molar-refractivity contribution in [2.24, 2.45) is 5.73 Å². The average molecular weight is 280 g/mol. The summed E-state index contributed by atoms with van der Waals surface area (Å²) in [5.41, 5.74) is 7.53. The van der Waals surface area contributed by atoms with Gasteiger partial charge >= 0.3 is 0 Å². The molecule has 1 amide bonds. The van der Waals surface area contributed by atoms with Crippen LogP contribution in [0, 0.1) is 6.92 Å². The largest absolute Gasteiger partial charge is 0.491 e. The Morgan fingerprint density at radius 2 is 2.15 bits per heavy atom. The molecule has 0 saturated carbocycles. The maximum Gasteiger partial charge on any atom is 0.241 e. The van der Waals surface area contributed by atoms with Gasteiger partial charge in [0.1, 0.15) is 5.75 Å². The highest BCUT2D eigenvalue weighted by molar-refractivity contribution is 5.95. The zero-order valence-electron chi connectivity index (χ0n) is 12.4. The number of ether oxygens (including phenoxy) is 2. The van der Waals surface area contributed by atoms with Crippen molar-refractivity contribution in [2.75, 3.05) is 25.6 Å². The smallest absolute Gasteiger partial charge is 0.241 e. The summed E-state index contributed by atoms with van der Waals surface area (Å²) in [6.07, 6.45) is 1.40. The Morgan fingerprint density at radius 3 is 2.80 bits per heavy atom. The van der Waals surface area contributed by atoms with E-state index in [-0.39, 0.29) is 5.91 Å². The Balaban J connectivity index is 2.72. The third-order valence-corrected chi connectivity index (χ3v) is 2.83. The molecule has 0 fully saturated rings. The van der Waals surface area contributed by atoms with Gasteiger partial charge in [0.05, 0.1) is 18.3 Å². The standard InChI is InChI=1S/C15H24N2O3/c1-4-8-20-14-10-11(2)5-6-13(14)17-15(18)12(16)7-9-19-3/h5-6,10,12H,4,7-9,16H2,1-3H3,(H,17,18). The first-order valence-corrected chi connectivity index (χ1v) is 6.87. The van der Waals surface area contributed by atoms with Crippen LogP contribution in [0.4, 0.5) is 5.69 Å². The van der Waals surface area contributed by atoms with Crippen molar-refractivity contribution in [3.8, 4) is 5.75 Å². The third kappa shape index (κ3) is 5.19. The molecule has 3 N–H and O–H groups in total. The lowest BCUT2D eigenvalue weighted by Gasteiger charge is -2.15. The highest BCUT2D eigenvalue weighted by Gasteiger charge is 2.15. The molecule has 0 spiro atoms. The van der Waals surface area contributed by atoms with Gasteiger partial charge < -0.3 is 20.5 Å². The van der Waals surface area contributed by atoms with E-state index in [2.05, 4.69) is 5.32 Å². The first-order chi connectivity index (χ1) is 9.58. The van der Waals surface area contributed by atoms with Crippen LogP contribution in [0.2, 0.25) is 0 Å². The second kappa shape index (κ2) is 8.55. The van der Waals surface area contributed by atoms with Crippen molar-refractivity contribution in [2.45, 2.75) is 32.7 Å². The topological polar surface area (TPSA) is 73.6 Å². The number of nitrogens with one attached hydrogen (secondary N) is 1. The lowest BCUT2D eigenvalue weighted by molar-refractivity contribution is -0.117. The van der Waals surface area contributed by atoms with Gasteiger partial charge in [-0.2, -0.15) is 0 Å². The normalized spacial score (nSPS) is 12.0. The summed E-state index contributed by atoms with van der Waals surface area (Å²) in [6.45, 7) is 5.09. The number of benzene rings is 1. The van der Waals surface area contributed by atoms with Gasteiger partial charge in [0.15, 0.2) is 0 Å². The Kier molecular flexibility index (Phi) is 7.04. The van der Waals surface area contributed by atoms with Crippen LogP contribution in [0.25, 0.3) is 0 Å². The minimum Gasteiger partial charge on any atom is -0.491 e. The molecule has 0 aliphatic heterocycles. The molecule has 5 nitrogen and oxygen atoms in total. The number of aryl methyl sites for hydroxylation is 1. The van der Waals surface area contributed by atoms with Gasteiger partial charge in [-0.15, -0.1) is 0 Å². The minimum absolute atomic E-state index is 0.229. The fraction of sp³-hybridized carbons (Fsp3) is 0.533. The summed E-state index contributed by atoms with van der Waals surface area (Å²) in [5, 5.41) is 2.81. The number of hydrogen-bond donors (Lipinski definition) is 2. The van der Waals surface area contributed by atoms with Crippen molar-refractivity contribution in [3.63, 3.8) is 0 Å². The number of carbonyl (C=O) groups excluding carboxylic acids is 1. The van der Waals surface area contributed by atoms with Crippen LogP contribution in [-0.2, 0) is 9.53 Å². The van der Waals surface area contributed by atoms with E-state index in [1.54, 1.807) is 7.11 Å². The van der Waals surface area contributed by atoms with Crippen molar-refractivity contribution in [1.29, 1.82) is 0 Å². The van der Waals surface area contributed by atoms with Gasteiger partial charge in [-0.05, 0) is 37.5 Å². The molecule has 0 saturated heterocycles. The second-order valence-electron chi connectivity index (χ2n) is 4.73. The second-order valence-corrected chi connectivity index (χ2v) is 4.73. The summed E-state index contributed by atoms with van der Waals surface area (Å²) >= 11 is 0. The first kappa shape index (κ1) is 16.5. The number of rotatable bonds is 8. The van der Waals surface area contributed by atoms with Crippen molar-refractivity contribution in [1.82, 2.24) is 0 Å². The highest BCUT2D eigenvalue weighted by Crippen LogP contribution is 2.26. The minimum atomic E-state index is -0.588. The molecular weight excluding hydrogens is 256 g/mol. The fourth-order valence-electron chi connectivity index (χ4n) is 1.67. The van der Waals surface area contributed by atoms with E-state index >= 15 is 0 Å². The summed E-state index contributed by atoms with van der Waals surface area (Å²) in [4.78, 5) is 12.0. The van der Waals surface area contributed by atoms with Crippen molar-refractivity contribution < 1.29 is 14.3 Å². The molecule has 1 unspecified atom stereocenters. The molecule has 1 aromatic carbocycles. The Bertz CT molecular complexity index is 435. The van der Waals surface area contributed by atoms with Crippen LogP contribution < -0.4 is 15.8 Å². The van der Waals surface area contributed by atoms with Crippen molar-refractivity contribution >= 4 is 11.6 Å². The first-order valence-electron chi connectivity index (χ1n) is 6.87. The quantitative estimate of drug-likeness (QED) is 0.764. The van der Waals surface area contributed by atoms with Crippen LogP contribution in [0.15, 0.2) is 18.2 Å². The number of nitrogens with two attached hydrogens (primary N) is 1. The molecule has 0 bridgehead atoms. The number of hydrogen-bond acceptors (Lipinski definition) is 4. The Labute approximate surface area is 120 Å². The van der Waals surface area contributed by atoms with E-state index in [4.69, 9.17) is 15.2 Å². The summed E-state index contributed by atoms with van der Waals surface area (Å²) in [7, 11) is 1.58. The SMILES string of the molecule is CCCOc1cc(C)ccc1NC(=O)C(N)CCOC. The van der Waals surface area contributed by atoms with E-state index in [1.807, 2.05) is 32.0 Å². The molecule has 1 rings (SSSR count). The maximum absolute atomic E-state index is 12.0. The number of methoxy groups -OCH3 is 1. The highest BCUT2D eigenvalue weighted by atomic mass is 16.5. The van der Waals surface area contributed by atoms with Gasteiger partial charge in [0.2, 0.25) is 5.91 Å².